The lowest BCUT2D eigenvalue weighted by atomic mass is 9.99. The molecule has 1 fully saturated rings. The maximum atomic E-state index is 12.2. The Hall–Kier alpha value is -1.81. The van der Waals surface area contributed by atoms with Crippen molar-refractivity contribution >= 4 is 17.5 Å². The Morgan fingerprint density at radius 1 is 1.35 bits per heavy atom. The molecule has 0 N–H and O–H groups in total. The fraction of sp³-hybridized carbons (Fsp3) is 0.444. The molecule has 4 nitrogen and oxygen atoms in total. The Morgan fingerprint density at radius 3 is 2.83 bits per heavy atom. The molecule has 3 rings (SSSR count). The Morgan fingerprint density at radius 2 is 2.09 bits per heavy atom. The monoisotopic (exact) mass is 332 g/mol. The average molecular weight is 333 g/mol. The highest BCUT2D eigenvalue weighted by Crippen LogP contribution is 2.28. The van der Waals surface area contributed by atoms with E-state index in [2.05, 4.69) is 11.9 Å². The minimum absolute atomic E-state index is 0.189. The molecule has 0 radical (unpaired) electrons. The van der Waals surface area contributed by atoms with E-state index in [9.17, 15) is 4.79 Å². The van der Waals surface area contributed by atoms with Gasteiger partial charge >= 0.3 is 0 Å². The number of aromatic nitrogens is 1. The van der Waals surface area contributed by atoms with Gasteiger partial charge in [0, 0.05) is 31.5 Å². The van der Waals surface area contributed by atoms with E-state index in [-0.39, 0.29) is 5.91 Å². The number of hydrogen-bond donors (Lipinski definition) is 0. The van der Waals surface area contributed by atoms with Gasteiger partial charge in [0.1, 0.15) is 0 Å². The standard InChI is InChI=1S/C18H21ClN2O2/c1-13-8-10-21(11-9-13)18(22)7-6-17-20-12-16(23-17)14-4-2-3-5-15(14)19/h2-5,12-13H,6-11H2,1H3. The molecule has 1 aromatic heterocycles. The summed E-state index contributed by atoms with van der Waals surface area (Å²) in [5.74, 6) is 2.14. The van der Waals surface area contributed by atoms with Gasteiger partial charge < -0.3 is 9.32 Å². The predicted molar refractivity (Wildman–Crippen MR) is 90.2 cm³/mol. The van der Waals surface area contributed by atoms with Gasteiger partial charge in [0.05, 0.1) is 11.2 Å². The molecule has 122 valence electrons. The number of carbonyl (C=O) groups excluding carboxylic acids is 1. The third-order valence-electron chi connectivity index (χ3n) is 4.38. The quantitative estimate of drug-likeness (QED) is 0.843. The number of hydrogen-bond acceptors (Lipinski definition) is 3. The molecule has 0 atom stereocenters. The van der Waals surface area contributed by atoms with Crippen molar-refractivity contribution in [2.24, 2.45) is 5.92 Å². The summed E-state index contributed by atoms with van der Waals surface area (Å²) in [7, 11) is 0. The summed E-state index contributed by atoms with van der Waals surface area (Å²) in [6.45, 7) is 3.98. The lowest BCUT2D eigenvalue weighted by Crippen LogP contribution is -2.38. The Labute approximate surface area is 141 Å². The van der Waals surface area contributed by atoms with E-state index in [1.807, 2.05) is 29.2 Å². The molecule has 0 saturated carbocycles. The van der Waals surface area contributed by atoms with Crippen LogP contribution >= 0.6 is 11.6 Å². The fourth-order valence-electron chi connectivity index (χ4n) is 2.84. The van der Waals surface area contributed by atoms with Crippen molar-refractivity contribution in [3.05, 3.63) is 41.4 Å². The van der Waals surface area contributed by atoms with Gasteiger partial charge in [-0.3, -0.25) is 4.79 Å². The van der Waals surface area contributed by atoms with Crippen LogP contribution in [0, 0.1) is 5.92 Å². The van der Waals surface area contributed by atoms with E-state index in [4.69, 9.17) is 16.0 Å². The highest BCUT2D eigenvalue weighted by atomic mass is 35.5. The molecule has 1 aromatic carbocycles. The van der Waals surface area contributed by atoms with Crippen LogP contribution in [0.4, 0.5) is 0 Å². The molecule has 0 spiro atoms. The average Bonchev–Trinajstić information content (AvgIpc) is 3.02. The number of likely N-dealkylation sites (tertiary alicyclic amines) is 1. The minimum Gasteiger partial charge on any atom is -0.441 e. The van der Waals surface area contributed by atoms with Gasteiger partial charge in [0.25, 0.3) is 0 Å². The number of halogens is 1. The molecule has 1 amide bonds. The summed E-state index contributed by atoms with van der Waals surface area (Å²) in [5.41, 5.74) is 0.823. The number of amides is 1. The van der Waals surface area contributed by atoms with E-state index in [0.29, 0.717) is 29.5 Å². The SMILES string of the molecule is CC1CCN(C(=O)CCc2ncc(-c3ccccc3Cl)o2)CC1. The van der Waals surface area contributed by atoms with Crippen LogP contribution in [0.2, 0.25) is 5.02 Å². The fourth-order valence-corrected chi connectivity index (χ4v) is 3.07. The highest BCUT2D eigenvalue weighted by Gasteiger charge is 2.20. The summed E-state index contributed by atoms with van der Waals surface area (Å²) in [6.07, 6.45) is 4.83. The Kier molecular flexibility index (Phi) is 5.01. The van der Waals surface area contributed by atoms with Crippen LogP contribution in [0.3, 0.4) is 0 Å². The topological polar surface area (TPSA) is 46.3 Å². The van der Waals surface area contributed by atoms with Crippen molar-refractivity contribution in [3.8, 4) is 11.3 Å². The zero-order valence-corrected chi connectivity index (χ0v) is 14.1. The van der Waals surface area contributed by atoms with Crippen molar-refractivity contribution in [3.63, 3.8) is 0 Å². The molecule has 23 heavy (non-hydrogen) atoms. The van der Waals surface area contributed by atoms with Crippen LogP contribution in [0.15, 0.2) is 34.9 Å². The lowest BCUT2D eigenvalue weighted by molar-refractivity contribution is -0.132. The first kappa shape index (κ1) is 16.1. The summed E-state index contributed by atoms with van der Waals surface area (Å²) < 4.78 is 5.74. The molecule has 2 aromatic rings. The molecule has 5 heteroatoms. The molecule has 0 bridgehead atoms. The van der Waals surface area contributed by atoms with Gasteiger partial charge in [-0.05, 0) is 30.9 Å². The molecule has 0 unspecified atom stereocenters. The summed E-state index contributed by atoms with van der Waals surface area (Å²) in [4.78, 5) is 18.5. The largest absolute Gasteiger partial charge is 0.441 e. The predicted octanol–water partition coefficient (Wildman–Crippen LogP) is 4.19. The van der Waals surface area contributed by atoms with Gasteiger partial charge in [-0.15, -0.1) is 0 Å². The van der Waals surface area contributed by atoms with Gasteiger partial charge in [0.15, 0.2) is 11.7 Å². The summed E-state index contributed by atoms with van der Waals surface area (Å²) >= 11 is 6.16. The van der Waals surface area contributed by atoms with Gasteiger partial charge in [-0.25, -0.2) is 4.98 Å². The molecule has 2 heterocycles. The number of nitrogens with zero attached hydrogens (tertiary/aromatic N) is 2. The van der Waals surface area contributed by atoms with Crippen LogP contribution in [-0.4, -0.2) is 28.9 Å². The van der Waals surface area contributed by atoms with Crippen molar-refractivity contribution in [1.82, 2.24) is 9.88 Å². The van der Waals surface area contributed by atoms with Crippen LogP contribution in [0.25, 0.3) is 11.3 Å². The number of carbonyl (C=O) groups is 1. The van der Waals surface area contributed by atoms with Crippen molar-refractivity contribution in [1.29, 1.82) is 0 Å². The first-order chi connectivity index (χ1) is 11.1. The first-order valence-electron chi connectivity index (χ1n) is 8.11. The van der Waals surface area contributed by atoms with Crippen molar-refractivity contribution in [2.45, 2.75) is 32.6 Å². The second-order valence-electron chi connectivity index (χ2n) is 6.16. The Bertz CT molecular complexity index is 675. The third kappa shape index (κ3) is 3.94. The van der Waals surface area contributed by atoms with E-state index in [1.54, 1.807) is 6.20 Å². The molecular weight excluding hydrogens is 312 g/mol. The maximum Gasteiger partial charge on any atom is 0.223 e. The number of benzene rings is 1. The van der Waals surface area contributed by atoms with E-state index in [0.717, 1.165) is 37.4 Å². The van der Waals surface area contributed by atoms with E-state index < -0.39 is 0 Å². The van der Waals surface area contributed by atoms with Crippen LogP contribution in [0.5, 0.6) is 0 Å². The summed E-state index contributed by atoms with van der Waals surface area (Å²) in [6, 6.07) is 7.50. The van der Waals surface area contributed by atoms with E-state index in [1.165, 1.54) is 0 Å². The second-order valence-corrected chi connectivity index (χ2v) is 6.57. The van der Waals surface area contributed by atoms with Crippen LogP contribution in [-0.2, 0) is 11.2 Å². The normalized spacial score (nSPS) is 15.8. The molecule has 1 saturated heterocycles. The Balaban J connectivity index is 1.57. The third-order valence-corrected chi connectivity index (χ3v) is 4.71. The van der Waals surface area contributed by atoms with Crippen molar-refractivity contribution in [2.75, 3.05) is 13.1 Å². The number of aryl methyl sites for hydroxylation is 1. The zero-order valence-electron chi connectivity index (χ0n) is 13.3. The molecule has 0 aliphatic carbocycles. The van der Waals surface area contributed by atoms with Crippen molar-refractivity contribution < 1.29 is 9.21 Å². The van der Waals surface area contributed by atoms with Gasteiger partial charge in [-0.2, -0.15) is 0 Å². The summed E-state index contributed by atoms with van der Waals surface area (Å²) in [5, 5.41) is 0.633. The van der Waals surface area contributed by atoms with Gasteiger partial charge in [-0.1, -0.05) is 30.7 Å². The number of rotatable bonds is 4. The molecular formula is C18H21ClN2O2. The minimum atomic E-state index is 0.189. The number of piperidine rings is 1. The smallest absolute Gasteiger partial charge is 0.223 e. The second kappa shape index (κ2) is 7.18. The maximum absolute atomic E-state index is 12.2. The van der Waals surface area contributed by atoms with Crippen LogP contribution in [0.1, 0.15) is 32.1 Å². The van der Waals surface area contributed by atoms with Crippen LogP contribution < -0.4 is 0 Å². The first-order valence-corrected chi connectivity index (χ1v) is 8.48. The molecule has 1 aliphatic heterocycles. The van der Waals surface area contributed by atoms with Gasteiger partial charge in [0.2, 0.25) is 5.91 Å². The highest BCUT2D eigenvalue weighted by molar-refractivity contribution is 6.33. The zero-order chi connectivity index (χ0) is 16.2. The molecule has 1 aliphatic rings. The number of oxazole rings is 1. The van der Waals surface area contributed by atoms with E-state index >= 15 is 0 Å². The lowest BCUT2D eigenvalue weighted by Gasteiger charge is -2.30.